The van der Waals surface area contributed by atoms with Crippen LogP contribution in [0, 0.1) is 16.0 Å². The van der Waals surface area contributed by atoms with Gasteiger partial charge in [-0.2, -0.15) is 0 Å². The largest absolute Gasteiger partial charge is 0.466 e. The summed E-state index contributed by atoms with van der Waals surface area (Å²) in [7, 11) is 1.27. The van der Waals surface area contributed by atoms with Gasteiger partial charge >= 0.3 is 5.97 Å². The number of nitrogens with zero attached hydrogens (tertiary/aromatic N) is 1. The molecule has 1 aromatic rings. The van der Waals surface area contributed by atoms with Gasteiger partial charge in [-0.05, 0) is 42.9 Å². The summed E-state index contributed by atoms with van der Waals surface area (Å²) in [4.78, 5) is 22.2. The Morgan fingerprint density at radius 3 is 2.77 bits per heavy atom. The van der Waals surface area contributed by atoms with Crippen molar-refractivity contribution in [3.63, 3.8) is 0 Å². The van der Waals surface area contributed by atoms with Crippen LogP contribution in [-0.2, 0) is 9.53 Å². The van der Waals surface area contributed by atoms with Crippen LogP contribution in [0.3, 0.4) is 0 Å². The van der Waals surface area contributed by atoms with Crippen molar-refractivity contribution in [2.75, 3.05) is 19.0 Å². The number of esters is 1. The van der Waals surface area contributed by atoms with E-state index in [9.17, 15) is 20.0 Å². The van der Waals surface area contributed by atoms with E-state index < -0.39 is 10.9 Å². The van der Waals surface area contributed by atoms with Crippen molar-refractivity contribution >= 4 is 23.4 Å². The number of nitro benzene ring substituents is 1. The van der Waals surface area contributed by atoms with Crippen LogP contribution in [0.1, 0.15) is 44.1 Å². The second-order valence-corrected chi connectivity index (χ2v) is 6.55. The molecule has 0 spiro atoms. The molecule has 1 atom stereocenters. The Hall–Kier alpha value is -2.41. The van der Waals surface area contributed by atoms with E-state index in [0.717, 1.165) is 25.7 Å². The van der Waals surface area contributed by atoms with Gasteiger partial charge < -0.3 is 15.2 Å². The average Bonchev–Trinajstić information content (AvgIpc) is 2.66. The molecular formula is C19H26N2O5. The van der Waals surface area contributed by atoms with Gasteiger partial charge in [0.1, 0.15) is 5.69 Å². The van der Waals surface area contributed by atoms with Crippen molar-refractivity contribution in [3.05, 3.63) is 40.0 Å². The van der Waals surface area contributed by atoms with Crippen LogP contribution in [0.2, 0.25) is 0 Å². The molecule has 0 saturated heterocycles. The predicted molar refractivity (Wildman–Crippen MR) is 99.8 cm³/mol. The van der Waals surface area contributed by atoms with Gasteiger partial charge in [-0.25, -0.2) is 4.79 Å². The molecule has 1 aliphatic carbocycles. The lowest BCUT2D eigenvalue weighted by Gasteiger charge is -2.31. The number of aliphatic hydroxyl groups is 1. The minimum atomic E-state index is -0.518. The number of carbonyl (C=O) groups excluding carboxylic acids is 1. The highest BCUT2D eigenvalue weighted by Gasteiger charge is 2.25. The Kier molecular flexibility index (Phi) is 7.59. The van der Waals surface area contributed by atoms with E-state index in [2.05, 4.69) is 10.1 Å². The maximum Gasteiger partial charge on any atom is 0.330 e. The molecule has 1 aliphatic rings. The highest BCUT2D eigenvalue weighted by Crippen LogP contribution is 2.33. The molecule has 0 radical (unpaired) electrons. The number of rotatable bonds is 8. The average molecular weight is 362 g/mol. The van der Waals surface area contributed by atoms with Crippen molar-refractivity contribution in [2.45, 2.75) is 44.6 Å². The van der Waals surface area contributed by atoms with Gasteiger partial charge in [-0.3, -0.25) is 10.1 Å². The van der Waals surface area contributed by atoms with E-state index in [1.165, 1.54) is 31.7 Å². The molecule has 0 bridgehead atoms. The fourth-order valence-corrected chi connectivity index (χ4v) is 3.46. The van der Waals surface area contributed by atoms with Crippen LogP contribution in [0.5, 0.6) is 0 Å². The van der Waals surface area contributed by atoms with E-state index in [-0.39, 0.29) is 18.3 Å². The maximum absolute atomic E-state index is 11.5. The van der Waals surface area contributed by atoms with E-state index >= 15 is 0 Å². The lowest BCUT2D eigenvalue weighted by Crippen LogP contribution is -2.32. The summed E-state index contributed by atoms with van der Waals surface area (Å²) in [5.41, 5.74) is 0.939. The Morgan fingerprint density at radius 2 is 2.15 bits per heavy atom. The summed E-state index contributed by atoms with van der Waals surface area (Å²) in [6.45, 7) is 0.0436. The van der Waals surface area contributed by atoms with E-state index in [4.69, 9.17) is 0 Å². The van der Waals surface area contributed by atoms with Crippen molar-refractivity contribution in [1.82, 2.24) is 0 Å². The highest BCUT2D eigenvalue weighted by atomic mass is 16.6. The van der Waals surface area contributed by atoms with E-state index in [1.54, 1.807) is 12.1 Å². The number of nitro groups is 1. The van der Waals surface area contributed by atoms with Gasteiger partial charge in [0.25, 0.3) is 5.69 Å². The molecule has 7 heteroatoms. The molecule has 0 heterocycles. The molecule has 1 saturated carbocycles. The topological polar surface area (TPSA) is 102 Å². The smallest absolute Gasteiger partial charge is 0.330 e. The first-order valence-corrected chi connectivity index (χ1v) is 8.97. The Bertz CT molecular complexity index is 653. The quantitative estimate of drug-likeness (QED) is 0.317. The van der Waals surface area contributed by atoms with Crippen molar-refractivity contribution in [1.29, 1.82) is 0 Å². The Morgan fingerprint density at radius 1 is 1.42 bits per heavy atom. The Labute approximate surface area is 153 Å². The number of hydrogen-bond donors (Lipinski definition) is 2. The fraction of sp³-hybridized carbons (Fsp3) is 0.526. The van der Waals surface area contributed by atoms with Gasteiger partial charge in [0, 0.05) is 24.8 Å². The highest BCUT2D eigenvalue weighted by molar-refractivity contribution is 5.87. The van der Waals surface area contributed by atoms with Gasteiger partial charge in [-0.1, -0.05) is 25.3 Å². The lowest BCUT2D eigenvalue weighted by atomic mass is 9.82. The molecule has 1 fully saturated rings. The van der Waals surface area contributed by atoms with Gasteiger partial charge in [0.2, 0.25) is 0 Å². The summed E-state index contributed by atoms with van der Waals surface area (Å²) in [5, 5.41) is 24.2. The number of ether oxygens (including phenoxy) is 1. The summed E-state index contributed by atoms with van der Waals surface area (Å²) >= 11 is 0. The van der Waals surface area contributed by atoms with Crippen molar-refractivity contribution in [2.24, 2.45) is 5.92 Å². The normalized spacial score (nSPS) is 16.4. The summed E-state index contributed by atoms with van der Waals surface area (Å²) < 4.78 is 4.52. The molecule has 142 valence electrons. The number of benzene rings is 1. The van der Waals surface area contributed by atoms with Crippen molar-refractivity contribution < 1.29 is 19.6 Å². The standard InChI is InChI=1S/C19H26N2O5/c1-26-19(23)10-8-14-7-9-17(18(13-14)21(24)25)20-16(11-12-22)15-5-3-2-4-6-15/h7-10,13,15-16,20,22H,2-6,11-12H2,1H3. The zero-order valence-corrected chi connectivity index (χ0v) is 15.0. The Balaban J connectivity index is 2.21. The third-order valence-corrected chi connectivity index (χ3v) is 4.83. The zero-order valence-electron chi connectivity index (χ0n) is 15.0. The maximum atomic E-state index is 11.5. The summed E-state index contributed by atoms with van der Waals surface area (Å²) in [6.07, 6.45) is 8.96. The molecule has 0 aromatic heterocycles. The number of hydrogen-bond acceptors (Lipinski definition) is 6. The van der Waals surface area contributed by atoms with E-state index in [0.29, 0.717) is 23.6 Å². The molecule has 7 nitrogen and oxygen atoms in total. The predicted octanol–water partition coefficient (Wildman–Crippen LogP) is 3.52. The molecule has 26 heavy (non-hydrogen) atoms. The number of carbonyl (C=O) groups is 1. The van der Waals surface area contributed by atoms with Gasteiger partial charge in [0.05, 0.1) is 12.0 Å². The number of methoxy groups -OCH3 is 1. The van der Waals surface area contributed by atoms with Crippen LogP contribution >= 0.6 is 0 Å². The zero-order chi connectivity index (χ0) is 18.9. The second kappa shape index (κ2) is 9.91. The summed E-state index contributed by atoms with van der Waals surface area (Å²) in [5.74, 6) is -0.107. The van der Waals surface area contributed by atoms with Crippen LogP contribution in [0.4, 0.5) is 11.4 Å². The number of aliphatic hydroxyl groups excluding tert-OH is 1. The SMILES string of the molecule is COC(=O)C=Cc1ccc(NC(CCO)C2CCCCC2)c([N+](=O)[O-])c1. The number of anilines is 1. The molecule has 1 unspecified atom stereocenters. The minimum Gasteiger partial charge on any atom is -0.466 e. The van der Waals surface area contributed by atoms with Crippen molar-refractivity contribution in [3.8, 4) is 0 Å². The molecule has 2 N–H and O–H groups in total. The molecule has 0 aliphatic heterocycles. The third kappa shape index (κ3) is 5.56. The van der Waals surface area contributed by atoms with Crippen LogP contribution in [0.15, 0.2) is 24.3 Å². The molecule has 0 amide bonds. The lowest BCUT2D eigenvalue weighted by molar-refractivity contribution is -0.384. The minimum absolute atomic E-state index is 0.00969. The van der Waals surface area contributed by atoms with Crippen LogP contribution < -0.4 is 5.32 Å². The van der Waals surface area contributed by atoms with Crippen LogP contribution in [-0.4, -0.2) is 35.8 Å². The molecular weight excluding hydrogens is 336 g/mol. The molecule has 2 rings (SSSR count). The van der Waals surface area contributed by atoms with Crippen LogP contribution in [0.25, 0.3) is 6.08 Å². The van der Waals surface area contributed by atoms with Gasteiger partial charge in [0.15, 0.2) is 0 Å². The van der Waals surface area contributed by atoms with Gasteiger partial charge in [-0.15, -0.1) is 0 Å². The molecule has 1 aromatic carbocycles. The first-order valence-electron chi connectivity index (χ1n) is 8.97. The third-order valence-electron chi connectivity index (χ3n) is 4.83. The number of nitrogens with one attached hydrogen (secondary N) is 1. The summed E-state index contributed by atoms with van der Waals surface area (Å²) in [6, 6.07) is 4.81. The van der Waals surface area contributed by atoms with E-state index in [1.807, 2.05) is 0 Å². The first kappa shape index (κ1) is 19.9. The fourth-order valence-electron chi connectivity index (χ4n) is 3.46. The second-order valence-electron chi connectivity index (χ2n) is 6.55. The first-order chi connectivity index (χ1) is 12.5. The monoisotopic (exact) mass is 362 g/mol.